The summed E-state index contributed by atoms with van der Waals surface area (Å²) in [6, 6.07) is 10.1. The standard InChI is InChI=1S/C13H13N3OS/c1-17-11-4-2-10(3-5-11)6-7-15-13-16-9-12(8-14)18-13/h2-5,9H,6-7H2,1H3,(H,15,16). The molecule has 4 nitrogen and oxygen atoms in total. The van der Waals surface area contributed by atoms with E-state index in [2.05, 4.69) is 16.4 Å². The molecule has 0 saturated heterocycles. The van der Waals surface area contributed by atoms with E-state index in [0.717, 1.165) is 23.8 Å². The fraction of sp³-hybridized carbons (Fsp3) is 0.231. The van der Waals surface area contributed by atoms with Gasteiger partial charge < -0.3 is 10.1 Å². The summed E-state index contributed by atoms with van der Waals surface area (Å²) in [4.78, 5) is 4.74. The summed E-state index contributed by atoms with van der Waals surface area (Å²) in [6.07, 6.45) is 2.49. The first-order valence-electron chi connectivity index (χ1n) is 5.54. The number of nitriles is 1. The van der Waals surface area contributed by atoms with Gasteiger partial charge in [-0.05, 0) is 24.1 Å². The van der Waals surface area contributed by atoms with Crippen LogP contribution < -0.4 is 10.1 Å². The Labute approximate surface area is 110 Å². The van der Waals surface area contributed by atoms with Crippen molar-refractivity contribution in [1.82, 2.24) is 4.98 Å². The lowest BCUT2D eigenvalue weighted by Gasteiger charge is -2.04. The molecule has 0 fully saturated rings. The summed E-state index contributed by atoms with van der Waals surface area (Å²) in [5, 5.41) is 12.7. The van der Waals surface area contributed by atoms with E-state index >= 15 is 0 Å². The highest BCUT2D eigenvalue weighted by atomic mass is 32.1. The summed E-state index contributed by atoms with van der Waals surface area (Å²) in [6.45, 7) is 0.796. The van der Waals surface area contributed by atoms with Crippen LogP contribution >= 0.6 is 11.3 Å². The molecule has 1 aromatic heterocycles. The first-order chi connectivity index (χ1) is 8.81. The number of ether oxygens (including phenoxy) is 1. The quantitative estimate of drug-likeness (QED) is 0.897. The molecule has 0 aliphatic heterocycles. The van der Waals surface area contributed by atoms with Crippen molar-refractivity contribution in [3.05, 3.63) is 40.9 Å². The fourth-order valence-corrected chi connectivity index (χ4v) is 2.15. The van der Waals surface area contributed by atoms with Crippen LogP contribution in [0.3, 0.4) is 0 Å². The number of aromatic nitrogens is 1. The molecule has 0 spiro atoms. The van der Waals surface area contributed by atoms with Crippen molar-refractivity contribution in [3.8, 4) is 11.8 Å². The zero-order valence-corrected chi connectivity index (χ0v) is 10.8. The molecule has 1 aromatic carbocycles. The SMILES string of the molecule is COc1ccc(CCNc2ncc(C#N)s2)cc1. The molecule has 5 heteroatoms. The first-order valence-corrected chi connectivity index (χ1v) is 6.36. The minimum absolute atomic E-state index is 0.627. The van der Waals surface area contributed by atoms with Gasteiger partial charge in [0, 0.05) is 6.54 Å². The first kappa shape index (κ1) is 12.4. The molecule has 0 radical (unpaired) electrons. The average Bonchev–Trinajstić information content (AvgIpc) is 2.87. The lowest BCUT2D eigenvalue weighted by Crippen LogP contribution is -2.04. The summed E-state index contributed by atoms with van der Waals surface area (Å²) >= 11 is 1.37. The van der Waals surface area contributed by atoms with E-state index in [1.54, 1.807) is 13.3 Å². The molecule has 1 N–H and O–H groups in total. The van der Waals surface area contributed by atoms with Gasteiger partial charge in [0.25, 0.3) is 0 Å². The third-order valence-electron chi connectivity index (χ3n) is 2.46. The van der Waals surface area contributed by atoms with Gasteiger partial charge in [0.05, 0.1) is 13.3 Å². The Balaban J connectivity index is 1.82. The number of nitrogens with zero attached hydrogens (tertiary/aromatic N) is 2. The molecule has 0 aliphatic rings. The second-order valence-electron chi connectivity index (χ2n) is 3.67. The normalized spacial score (nSPS) is 9.78. The molecule has 0 saturated carbocycles. The smallest absolute Gasteiger partial charge is 0.183 e. The number of benzene rings is 1. The van der Waals surface area contributed by atoms with Crippen LogP contribution in [0, 0.1) is 11.3 Å². The number of thiazole rings is 1. The molecular weight excluding hydrogens is 246 g/mol. The van der Waals surface area contributed by atoms with Gasteiger partial charge in [-0.25, -0.2) is 4.98 Å². The zero-order valence-electron chi connectivity index (χ0n) is 10.0. The van der Waals surface area contributed by atoms with Crippen LogP contribution in [-0.4, -0.2) is 18.6 Å². The van der Waals surface area contributed by atoms with E-state index in [1.165, 1.54) is 16.9 Å². The minimum Gasteiger partial charge on any atom is -0.497 e. The molecule has 2 aromatic rings. The van der Waals surface area contributed by atoms with Crippen LogP contribution in [0.1, 0.15) is 10.4 Å². The highest BCUT2D eigenvalue weighted by molar-refractivity contribution is 7.16. The molecule has 0 aliphatic carbocycles. The van der Waals surface area contributed by atoms with Gasteiger partial charge in [0.2, 0.25) is 0 Å². The number of hydrogen-bond acceptors (Lipinski definition) is 5. The van der Waals surface area contributed by atoms with E-state index in [-0.39, 0.29) is 0 Å². The fourth-order valence-electron chi connectivity index (χ4n) is 1.51. The molecular formula is C13H13N3OS. The van der Waals surface area contributed by atoms with Crippen molar-refractivity contribution in [2.45, 2.75) is 6.42 Å². The van der Waals surface area contributed by atoms with Crippen molar-refractivity contribution in [2.24, 2.45) is 0 Å². The predicted molar refractivity (Wildman–Crippen MR) is 72.0 cm³/mol. The van der Waals surface area contributed by atoms with Gasteiger partial charge in [-0.1, -0.05) is 23.5 Å². The Kier molecular flexibility index (Phi) is 4.15. The van der Waals surface area contributed by atoms with Crippen molar-refractivity contribution >= 4 is 16.5 Å². The number of rotatable bonds is 5. The molecule has 0 bridgehead atoms. The third kappa shape index (κ3) is 3.22. The largest absolute Gasteiger partial charge is 0.497 e. The van der Waals surface area contributed by atoms with Crippen molar-refractivity contribution in [1.29, 1.82) is 5.26 Å². The predicted octanol–water partition coefficient (Wildman–Crippen LogP) is 2.68. The minimum atomic E-state index is 0.627. The van der Waals surface area contributed by atoms with Gasteiger partial charge in [-0.3, -0.25) is 0 Å². The zero-order chi connectivity index (χ0) is 12.8. The Morgan fingerprint density at radius 3 is 2.78 bits per heavy atom. The highest BCUT2D eigenvalue weighted by Gasteiger charge is 2.00. The maximum Gasteiger partial charge on any atom is 0.183 e. The summed E-state index contributed by atoms with van der Waals surface area (Å²) in [5.41, 5.74) is 1.24. The highest BCUT2D eigenvalue weighted by Crippen LogP contribution is 2.17. The molecule has 0 atom stereocenters. The summed E-state index contributed by atoms with van der Waals surface area (Å²) in [5.74, 6) is 0.866. The van der Waals surface area contributed by atoms with Gasteiger partial charge in [-0.2, -0.15) is 5.26 Å². The number of nitrogens with one attached hydrogen (secondary N) is 1. The Bertz CT molecular complexity index is 542. The molecule has 2 rings (SSSR count). The lowest BCUT2D eigenvalue weighted by molar-refractivity contribution is 0.414. The molecule has 92 valence electrons. The van der Waals surface area contributed by atoms with E-state index in [4.69, 9.17) is 10.00 Å². The average molecular weight is 259 g/mol. The van der Waals surface area contributed by atoms with Crippen LogP contribution in [0.25, 0.3) is 0 Å². The number of anilines is 1. The molecule has 1 heterocycles. The van der Waals surface area contributed by atoms with Crippen molar-refractivity contribution in [3.63, 3.8) is 0 Å². The monoisotopic (exact) mass is 259 g/mol. The summed E-state index contributed by atoms with van der Waals surface area (Å²) in [7, 11) is 1.66. The van der Waals surface area contributed by atoms with E-state index < -0.39 is 0 Å². The molecule has 0 amide bonds. The number of hydrogen-bond donors (Lipinski definition) is 1. The van der Waals surface area contributed by atoms with Crippen LogP contribution in [0.5, 0.6) is 5.75 Å². The Morgan fingerprint density at radius 2 is 2.17 bits per heavy atom. The van der Waals surface area contributed by atoms with Gasteiger partial charge in [0.1, 0.15) is 16.7 Å². The van der Waals surface area contributed by atoms with Crippen LogP contribution in [0.2, 0.25) is 0 Å². The van der Waals surface area contributed by atoms with Gasteiger partial charge in [-0.15, -0.1) is 0 Å². The Hall–Kier alpha value is -2.06. The second-order valence-corrected chi connectivity index (χ2v) is 4.70. The van der Waals surface area contributed by atoms with Gasteiger partial charge >= 0.3 is 0 Å². The van der Waals surface area contributed by atoms with E-state index in [0.29, 0.717) is 4.88 Å². The summed E-state index contributed by atoms with van der Waals surface area (Å²) < 4.78 is 5.10. The lowest BCUT2D eigenvalue weighted by atomic mass is 10.1. The van der Waals surface area contributed by atoms with Gasteiger partial charge in [0.15, 0.2) is 5.13 Å². The van der Waals surface area contributed by atoms with Crippen molar-refractivity contribution in [2.75, 3.05) is 19.0 Å². The van der Waals surface area contributed by atoms with E-state index in [9.17, 15) is 0 Å². The molecule has 18 heavy (non-hydrogen) atoms. The van der Waals surface area contributed by atoms with Crippen LogP contribution in [0.15, 0.2) is 30.5 Å². The maximum absolute atomic E-state index is 8.68. The van der Waals surface area contributed by atoms with Crippen molar-refractivity contribution < 1.29 is 4.74 Å². The second kappa shape index (κ2) is 6.03. The van der Waals surface area contributed by atoms with Crippen LogP contribution in [-0.2, 0) is 6.42 Å². The topological polar surface area (TPSA) is 57.9 Å². The maximum atomic E-state index is 8.68. The number of methoxy groups -OCH3 is 1. The molecule has 0 unspecified atom stereocenters. The van der Waals surface area contributed by atoms with Crippen LogP contribution in [0.4, 0.5) is 5.13 Å². The Morgan fingerprint density at radius 1 is 1.39 bits per heavy atom. The third-order valence-corrected chi connectivity index (χ3v) is 3.32. The van der Waals surface area contributed by atoms with E-state index in [1.807, 2.05) is 24.3 Å².